The highest BCUT2D eigenvalue weighted by atomic mass is 79.9. The third-order valence-corrected chi connectivity index (χ3v) is 4.63. The summed E-state index contributed by atoms with van der Waals surface area (Å²) >= 11 is 9.41. The van der Waals surface area contributed by atoms with E-state index in [4.69, 9.17) is 11.6 Å². The molecular weight excluding hydrogens is 352 g/mol. The maximum Gasteiger partial charge on any atom is 0.252 e. The van der Waals surface area contributed by atoms with Crippen molar-refractivity contribution in [3.8, 4) is 0 Å². The fourth-order valence-corrected chi connectivity index (χ4v) is 3.20. The van der Waals surface area contributed by atoms with Crippen molar-refractivity contribution in [3.05, 3.63) is 33.3 Å². The molecule has 0 aromatic heterocycles. The molecule has 1 fully saturated rings. The Morgan fingerprint density at radius 1 is 1.24 bits per heavy atom. The molecule has 3 nitrogen and oxygen atoms in total. The molecule has 116 valence electrons. The second-order valence-corrected chi connectivity index (χ2v) is 6.81. The molecule has 0 aliphatic carbocycles. The zero-order valence-electron chi connectivity index (χ0n) is 12.2. The molecule has 1 N–H and O–H groups in total. The second kappa shape index (κ2) is 8.76. The van der Waals surface area contributed by atoms with Crippen molar-refractivity contribution in [1.82, 2.24) is 10.2 Å². The van der Waals surface area contributed by atoms with Gasteiger partial charge in [0.05, 0.1) is 10.6 Å². The van der Waals surface area contributed by atoms with Gasteiger partial charge in [-0.25, -0.2) is 0 Å². The molecule has 0 unspecified atom stereocenters. The number of carbonyl (C=O) groups is 1. The van der Waals surface area contributed by atoms with Crippen LogP contribution in [-0.2, 0) is 0 Å². The normalized spacial score (nSPS) is 16.5. The minimum absolute atomic E-state index is 0.0998. The molecule has 2 rings (SSSR count). The van der Waals surface area contributed by atoms with Crippen LogP contribution in [0.3, 0.4) is 0 Å². The van der Waals surface area contributed by atoms with Gasteiger partial charge < -0.3 is 10.2 Å². The molecule has 1 aliphatic heterocycles. The van der Waals surface area contributed by atoms with Crippen molar-refractivity contribution in [2.24, 2.45) is 0 Å². The van der Waals surface area contributed by atoms with E-state index in [-0.39, 0.29) is 5.91 Å². The van der Waals surface area contributed by atoms with Crippen LogP contribution >= 0.6 is 27.5 Å². The Labute approximate surface area is 140 Å². The van der Waals surface area contributed by atoms with Gasteiger partial charge in [0.15, 0.2) is 0 Å². The number of hydrogen-bond donors (Lipinski definition) is 1. The van der Waals surface area contributed by atoms with Crippen LogP contribution in [0.15, 0.2) is 22.7 Å². The van der Waals surface area contributed by atoms with Gasteiger partial charge in [0.2, 0.25) is 0 Å². The standard InChI is InChI=1S/C16H22BrClN2O/c17-13-6-7-15(18)14(12-13)16(21)19-8-5-11-20-9-3-1-2-4-10-20/h6-7,12H,1-5,8-11H2,(H,19,21). The smallest absolute Gasteiger partial charge is 0.252 e. The van der Waals surface area contributed by atoms with Crippen LogP contribution in [0.5, 0.6) is 0 Å². The number of likely N-dealkylation sites (tertiary alicyclic amines) is 1. The quantitative estimate of drug-likeness (QED) is 0.788. The minimum Gasteiger partial charge on any atom is -0.352 e. The molecule has 0 saturated carbocycles. The molecule has 0 radical (unpaired) electrons. The summed E-state index contributed by atoms with van der Waals surface area (Å²) in [6, 6.07) is 5.32. The van der Waals surface area contributed by atoms with Crippen LogP contribution < -0.4 is 5.32 Å². The maximum absolute atomic E-state index is 12.1. The highest BCUT2D eigenvalue weighted by molar-refractivity contribution is 9.10. The van der Waals surface area contributed by atoms with E-state index in [2.05, 4.69) is 26.1 Å². The first-order valence-corrected chi connectivity index (χ1v) is 8.79. The molecule has 21 heavy (non-hydrogen) atoms. The Hall–Kier alpha value is -0.580. The van der Waals surface area contributed by atoms with Gasteiger partial charge in [-0.15, -0.1) is 0 Å². The highest BCUT2D eigenvalue weighted by Crippen LogP contribution is 2.20. The Bertz CT molecular complexity index is 473. The van der Waals surface area contributed by atoms with E-state index in [1.54, 1.807) is 12.1 Å². The lowest BCUT2D eigenvalue weighted by atomic mass is 10.2. The molecule has 1 heterocycles. The molecule has 1 saturated heterocycles. The summed E-state index contributed by atoms with van der Waals surface area (Å²) in [5.74, 6) is -0.0998. The Balaban J connectivity index is 1.72. The lowest BCUT2D eigenvalue weighted by Crippen LogP contribution is -2.30. The fourth-order valence-electron chi connectivity index (χ4n) is 2.63. The third-order valence-electron chi connectivity index (χ3n) is 3.81. The van der Waals surface area contributed by atoms with E-state index in [1.807, 2.05) is 6.07 Å². The van der Waals surface area contributed by atoms with Crippen molar-refractivity contribution in [2.45, 2.75) is 32.1 Å². The average molecular weight is 374 g/mol. The highest BCUT2D eigenvalue weighted by Gasteiger charge is 2.11. The average Bonchev–Trinajstić information content (AvgIpc) is 2.74. The SMILES string of the molecule is O=C(NCCCN1CCCCCC1)c1cc(Br)ccc1Cl. The number of rotatable bonds is 5. The van der Waals surface area contributed by atoms with Crippen molar-refractivity contribution in [3.63, 3.8) is 0 Å². The van der Waals surface area contributed by atoms with E-state index in [1.165, 1.54) is 38.8 Å². The topological polar surface area (TPSA) is 32.3 Å². The first-order valence-electron chi connectivity index (χ1n) is 7.62. The summed E-state index contributed by atoms with van der Waals surface area (Å²) < 4.78 is 0.863. The summed E-state index contributed by atoms with van der Waals surface area (Å²) in [6.07, 6.45) is 6.31. The van der Waals surface area contributed by atoms with Crippen LogP contribution in [0.1, 0.15) is 42.5 Å². The third kappa shape index (κ3) is 5.61. The van der Waals surface area contributed by atoms with Crippen molar-refractivity contribution >= 4 is 33.4 Å². The summed E-state index contributed by atoms with van der Waals surface area (Å²) in [5.41, 5.74) is 0.529. The van der Waals surface area contributed by atoms with Crippen molar-refractivity contribution in [2.75, 3.05) is 26.2 Å². The number of nitrogens with one attached hydrogen (secondary N) is 1. The molecule has 1 aliphatic rings. The van der Waals surface area contributed by atoms with E-state index in [0.29, 0.717) is 17.1 Å². The number of hydrogen-bond acceptors (Lipinski definition) is 2. The Kier molecular flexibility index (Phi) is 7.00. The summed E-state index contributed by atoms with van der Waals surface area (Å²) in [4.78, 5) is 14.6. The van der Waals surface area contributed by atoms with Crippen LogP contribution in [0.25, 0.3) is 0 Å². The molecular formula is C16H22BrClN2O. The van der Waals surface area contributed by atoms with Gasteiger partial charge in [-0.1, -0.05) is 40.4 Å². The molecule has 1 amide bonds. The number of nitrogens with zero attached hydrogens (tertiary/aromatic N) is 1. The number of halogens is 2. The van der Waals surface area contributed by atoms with Gasteiger partial charge >= 0.3 is 0 Å². The van der Waals surface area contributed by atoms with Gasteiger partial charge in [0.25, 0.3) is 5.91 Å². The monoisotopic (exact) mass is 372 g/mol. The van der Waals surface area contributed by atoms with Crippen LogP contribution in [0, 0.1) is 0 Å². The Morgan fingerprint density at radius 3 is 2.67 bits per heavy atom. The van der Waals surface area contributed by atoms with Crippen molar-refractivity contribution in [1.29, 1.82) is 0 Å². The fraction of sp³-hybridized carbons (Fsp3) is 0.562. The summed E-state index contributed by atoms with van der Waals surface area (Å²) in [5, 5.41) is 3.44. The molecule has 0 bridgehead atoms. The molecule has 1 aromatic carbocycles. The number of benzene rings is 1. The zero-order chi connectivity index (χ0) is 15.1. The van der Waals surface area contributed by atoms with Gasteiger partial charge in [0, 0.05) is 11.0 Å². The predicted molar refractivity (Wildman–Crippen MR) is 91.0 cm³/mol. The van der Waals surface area contributed by atoms with Crippen molar-refractivity contribution < 1.29 is 4.79 Å². The predicted octanol–water partition coefficient (Wildman–Crippen LogP) is 4.10. The minimum atomic E-state index is -0.0998. The van der Waals surface area contributed by atoms with Gasteiger partial charge in [-0.3, -0.25) is 4.79 Å². The Morgan fingerprint density at radius 2 is 1.95 bits per heavy atom. The van der Waals surface area contributed by atoms with Gasteiger partial charge in [-0.05, 0) is 57.1 Å². The maximum atomic E-state index is 12.1. The molecule has 1 aromatic rings. The van der Waals surface area contributed by atoms with Crippen LogP contribution in [-0.4, -0.2) is 37.0 Å². The molecule has 0 spiro atoms. The second-order valence-electron chi connectivity index (χ2n) is 5.49. The van der Waals surface area contributed by atoms with Gasteiger partial charge in [-0.2, -0.15) is 0 Å². The summed E-state index contributed by atoms with van der Waals surface area (Å²) in [6.45, 7) is 4.15. The lowest BCUT2D eigenvalue weighted by Gasteiger charge is -2.19. The first kappa shape index (κ1) is 16.8. The first-order chi connectivity index (χ1) is 10.2. The van der Waals surface area contributed by atoms with E-state index in [0.717, 1.165) is 17.4 Å². The van der Waals surface area contributed by atoms with E-state index < -0.39 is 0 Å². The molecule has 5 heteroatoms. The van der Waals surface area contributed by atoms with Gasteiger partial charge in [0.1, 0.15) is 0 Å². The lowest BCUT2D eigenvalue weighted by molar-refractivity contribution is 0.0951. The van der Waals surface area contributed by atoms with Crippen LogP contribution in [0.4, 0.5) is 0 Å². The molecule has 0 atom stereocenters. The number of carbonyl (C=O) groups excluding carboxylic acids is 1. The summed E-state index contributed by atoms with van der Waals surface area (Å²) in [7, 11) is 0. The number of amides is 1. The largest absolute Gasteiger partial charge is 0.352 e. The van der Waals surface area contributed by atoms with E-state index in [9.17, 15) is 4.79 Å². The van der Waals surface area contributed by atoms with Crippen LogP contribution in [0.2, 0.25) is 5.02 Å². The zero-order valence-corrected chi connectivity index (χ0v) is 14.5. The van der Waals surface area contributed by atoms with E-state index >= 15 is 0 Å².